The van der Waals surface area contributed by atoms with E-state index in [1.54, 1.807) is 6.20 Å². The Morgan fingerprint density at radius 2 is 2.04 bits per heavy atom. The normalized spacial score (nSPS) is 16.0. The lowest BCUT2D eigenvalue weighted by atomic mass is 10.1. The van der Waals surface area contributed by atoms with Crippen molar-refractivity contribution in [3.63, 3.8) is 0 Å². The molecule has 0 amide bonds. The van der Waals surface area contributed by atoms with Gasteiger partial charge in [0.05, 0.1) is 17.2 Å². The van der Waals surface area contributed by atoms with E-state index in [2.05, 4.69) is 14.9 Å². The second-order valence-corrected chi connectivity index (χ2v) is 6.76. The zero-order valence-electron chi connectivity index (χ0n) is 12.4. The smallest absolute Gasteiger partial charge is 0.273 e. The van der Waals surface area contributed by atoms with E-state index in [-0.39, 0.29) is 6.10 Å². The van der Waals surface area contributed by atoms with Crippen LogP contribution in [0.3, 0.4) is 0 Å². The Hall–Kier alpha value is -1.92. The monoisotopic (exact) mass is 346 g/mol. The van der Waals surface area contributed by atoms with Crippen LogP contribution in [0.4, 0.5) is 5.82 Å². The number of fused-ring (bicyclic) bond motifs is 1. The number of thiazole rings is 1. The lowest BCUT2D eigenvalue weighted by Gasteiger charge is -2.32. The summed E-state index contributed by atoms with van der Waals surface area (Å²) in [5.74, 6) is 0.910. The van der Waals surface area contributed by atoms with Gasteiger partial charge in [-0.05, 0) is 18.2 Å². The van der Waals surface area contributed by atoms with Crippen molar-refractivity contribution in [2.45, 2.75) is 18.9 Å². The topological polar surface area (TPSA) is 51.1 Å². The molecule has 7 heteroatoms. The van der Waals surface area contributed by atoms with Crippen molar-refractivity contribution in [1.29, 1.82) is 0 Å². The first kappa shape index (κ1) is 14.7. The molecule has 0 bridgehead atoms. The molecule has 0 N–H and O–H groups in total. The van der Waals surface area contributed by atoms with Gasteiger partial charge in [0.25, 0.3) is 5.19 Å². The molecule has 1 aliphatic heterocycles. The molecule has 1 aromatic carbocycles. The van der Waals surface area contributed by atoms with Gasteiger partial charge in [-0.3, -0.25) is 4.98 Å². The highest BCUT2D eigenvalue weighted by Gasteiger charge is 2.22. The van der Waals surface area contributed by atoms with Crippen molar-refractivity contribution in [3.05, 3.63) is 41.0 Å². The van der Waals surface area contributed by atoms with Crippen molar-refractivity contribution < 1.29 is 4.74 Å². The number of aromatic nitrogens is 3. The highest BCUT2D eigenvalue weighted by molar-refractivity contribution is 7.11. The number of hydrogen-bond acceptors (Lipinski definition) is 6. The van der Waals surface area contributed by atoms with Gasteiger partial charge in [-0.1, -0.05) is 22.9 Å². The van der Waals surface area contributed by atoms with Crippen molar-refractivity contribution in [3.8, 4) is 5.19 Å². The van der Waals surface area contributed by atoms with E-state index in [4.69, 9.17) is 21.3 Å². The molecule has 23 heavy (non-hydrogen) atoms. The maximum atomic E-state index is 5.99. The molecule has 2 aromatic heterocycles. The van der Waals surface area contributed by atoms with E-state index in [1.165, 1.54) is 11.3 Å². The fourth-order valence-corrected chi connectivity index (χ4v) is 3.46. The minimum atomic E-state index is 0.227. The molecule has 0 unspecified atom stereocenters. The highest BCUT2D eigenvalue weighted by atomic mass is 35.5. The standard InChI is InChI=1S/C16H15ClN4OS/c17-11-1-2-13-14(9-11)19-10-15(20-13)21-6-3-12(4-7-21)22-16-18-5-8-23-16/h1-2,5,8-10,12H,3-4,6-7H2. The van der Waals surface area contributed by atoms with Crippen LogP contribution < -0.4 is 9.64 Å². The summed E-state index contributed by atoms with van der Waals surface area (Å²) in [6.45, 7) is 1.81. The average molecular weight is 347 g/mol. The SMILES string of the molecule is Clc1ccc2nc(N3CCC(Oc4nccs4)CC3)cnc2c1. The Kier molecular flexibility index (Phi) is 4.01. The van der Waals surface area contributed by atoms with E-state index < -0.39 is 0 Å². The molecule has 0 spiro atoms. The summed E-state index contributed by atoms with van der Waals surface area (Å²) >= 11 is 7.52. The van der Waals surface area contributed by atoms with Gasteiger partial charge in [0.1, 0.15) is 11.9 Å². The van der Waals surface area contributed by atoms with E-state index in [9.17, 15) is 0 Å². The molecule has 3 heterocycles. The maximum Gasteiger partial charge on any atom is 0.273 e. The zero-order valence-corrected chi connectivity index (χ0v) is 13.9. The molecular formula is C16H15ClN4OS. The van der Waals surface area contributed by atoms with Crippen LogP contribution >= 0.6 is 22.9 Å². The summed E-state index contributed by atoms with van der Waals surface area (Å²) in [4.78, 5) is 15.6. The van der Waals surface area contributed by atoms with Crippen LogP contribution in [0, 0.1) is 0 Å². The quantitative estimate of drug-likeness (QED) is 0.722. The van der Waals surface area contributed by atoms with E-state index in [0.717, 1.165) is 48.0 Å². The Balaban J connectivity index is 1.44. The molecule has 0 atom stereocenters. The first-order valence-electron chi connectivity index (χ1n) is 7.51. The Bertz CT molecular complexity index is 803. The van der Waals surface area contributed by atoms with Crippen LogP contribution in [0.2, 0.25) is 5.02 Å². The second kappa shape index (κ2) is 6.29. The predicted molar refractivity (Wildman–Crippen MR) is 92.5 cm³/mol. The Morgan fingerprint density at radius 1 is 1.17 bits per heavy atom. The maximum absolute atomic E-state index is 5.99. The second-order valence-electron chi connectivity index (χ2n) is 5.46. The minimum Gasteiger partial charge on any atom is -0.467 e. The van der Waals surface area contributed by atoms with E-state index in [1.807, 2.05) is 29.8 Å². The van der Waals surface area contributed by atoms with Gasteiger partial charge in [-0.25, -0.2) is 9.97 Å². The largest absolute Gasteiger partial charge is 0.467 e. The number of piperidine rings is 1. The van der Waals surface area contributed by atoms with E-state index in [0.29, 0.717) is 5.02 Å². The van der Waals surface area contributed by atoms with Crippen LogP contribution in [0.25, 0.3) is 11.0 Å². The number of halogens is 1. The molecule has 1 fully saturated rings. The molecule has 0 saturated carbocycles. The van der Waals surface area contributed by atoms with Gasteiger partial charge in [0.2, 0.25) is 0 Å². The third kappa shape index (κ3) is 3.23. The third-order valence-electron chi connectivity index (χ3n) is 3.93. The lowest BCUT2D eigenvalue weighted by Crippen LogP contribution is -2.38. The van der Waals surface area contributed by atoms with Crippen LogP contribution in [0.5, 0.6) is 5.19 Å². The molecular weight excluding hydrogens is 332 g/mol. The lowest BCUT2D eigenvalue weighted by molar-refractivity contribution is 0.170. The number of benzene rings is 1. The zero-order chi connectivity index (χ0) is 15.6. The highest BCUT2D eigenvalue weighted by Crippen LogP contribution is 2.24. The minimum absolute atomic E-state index is 0.227. The van der Waals surface area contributed by atoms with Gasteiger partial charge < -0.3 is 9.64 Å². The summed E-state index contributed by atoms with van der Waals surface area (Å²) in [5, 5.41) is 3.37. The third-order valence-corrected chi connectivity index (χ3v) is 4.83. The van der Waals surface area contributed by atoms with Crippen LogP contribution in [-0.4, -0.2) is 34.1 Å². The van der Waals surface area contributed by atoms with Gasteiger partial charge in [0, 0.05) is 42.5 Å². The summed E-state index contributed by atoms with van der Waals surface area (Å²) in [5.41, 5.74) is 1.69. The average Bonchev–Trinajstić information content (AvgIpc) is 3.08. The number of ether oxygens (including phenoxy) is 1. The summed E-state index contributed by atoms with van der Waals surface area (Å²) in [7, 11) is 0. The molecule has 118 valence electrons. The Morgan fingerprint density at radius 3 is 2.83 bits per heavy atom. The van der Waals surface area contributed by atoms with Crippen LogP contribution in [-0.2, 0) is 0 Å². The molecule has 3 aromatic rings. The number of hydrogen-bond donors (Lipinski definition) is 0. The molecule has 5 nitrogen and oxygen atoms in total. The molecule has 0 radical (unpaired) electrons. The molecule has 1 aliphatic rings. The summed E-state index contributed by atoms with van der Waals surface area (Å²) in [6.07, 6.45) is 5.73. The predicted octanol–water partition coefficient (Wildman–Crippen LogP) is 3.79. The number of anilines is 1. The van der Waals surface area contributed by atoms with Gasteiger partial charge in [0.15, 0.2) is 0 Å². The van der Waals surface area contributed by atoms with Gasteiger partial charge in [-0.15, -0.1) is 0 Å². The van der Waals surface area contributed by atoms with Crippen molar-refractivity contribution in [2.24, 2.45) is 0 Å². The van der Waals surface area contributed by atoms with E-state index >= 15 is 0 Å². The summed E-state index contributed by atoms with van der Waals surface area (Å²) < 4.78 is 5.89. The molecule has 4 rings (SSSR count). The van der Waals surface area contributed by atoms with Crippen molar-refractivity contribution in [1.82, 2.24) is 15.0 Å². The van der Waals surface area contributed by atoms with Gasteiger partial charge >= 0.3 is 0 Å². The molecule has 0 aliphatic carbocycles. The Labute approximate surface area is 142 Å². The van der Waals surface area contributed by atoms with Crippen LogP contribution in [0.15, 0.2) is 36.0 Å². The summed E-state index contributed by atoms with van der Waals surface area (Å²) in [6, 6.07) is 5.59. The fourth-order valence-electron chi connectivity index (χ4n) is 2.74. The van der Waals surface area contributed by atoms with Crippen LogP contribution in [0.1, 0.15) is 12.8 Å². The fraction of sp³-hybridized carbons (Fsp3) is 0.312. The number of nitrogens with zero attached hydrogens (tertiary/aromatic N) is 4. The van der Waals surface area contributed by atoms with Crippen molar-refractivity contribution in [2.75, 3.05) is 18.0 Å². The number of rotatable bonds is 3. The molecule has 1 saturated heterocycles. The first-order valence-corrected chi connectivity index (χ1v) is 8.77. The van der Waals surface area contributed by atoms with Gasteiger partial charge in [-0.2, -0.15) is 0 Å². The van der Waals surface area contributed by atoms with Crippen molar-refractivity contribution >= 4 is 39.8 Å². The first-order chi connectivity index (χ1) is 11.3.